The van der Waals surface area contributed by atoms with E-state index in [1.807, 2.05) is 24.3 Å². The minimum absolute atomic E-state index is 0.117. The average Bonchev–Trinajstić information content (AvgIpc) is 2.89. The molecular weight excluding hydrogens is 364 g/mol. The number of hydrogen-bond acceptors (Lipinski definition) is 3. The number of benzene rings is 1. The Hall–Kier alpha value is -1.89. The molecule has 1 aliphatic heterocycles. The lowest BCUT2D eigenvalue weighted by molar-refractivity contribution is -0.141. The molecule has 1 fully saturated rings. The zero-order valence-corrected chi connectivity index (χ0v) is 14.5. The molecule has 1 aromatic carbocycles. The highest BCUT2D eigenvalue weighted by atomic mass is 79.9. The van der Waals surface area contributed by atoms with Gasteiger partial charge in [0.05, 0.1) is 12.1 Å². The molecule has 124 valence electrons. The van der Waals surface area contributed by atoms with Crippen LogP contribution in [0, 0.1) is 5.92 Å². The van der Waals surface area contributed by atoms with Gasteiger partial charge in [-0.2, -0.15) is 0 Å². The van der Waals surface area contributed by atoms with Crippen LogP contribution in [-0.2, 0) is 14.4 Å². The number of rotatable bonds is 6. The van der Waals surface area contributed by atoms with Gasteiger partial charge >= 0.3 is 5.97 Å². The van der Waals surface area contributed by atoms with Gasteiger partial charge in [-0.15, -0.1) is 0 Å². The van der Waals surface area contributed by atoms with Crippen LogP contribution >= 0.6 is 15.9 Å². The van der Waals surface area contributed by atoms with Crippen LogP contribution in [0.25, 0.3) is 0 Å². The number of carboxylic acids is 1. The summed E-state index contributed by atoms with van der Waals surface area (Å²) in [6, 6.07) is 7.38. The predicted octanol–water partition coefficient (Wildman–Crippen LogP) is 2.13. The van der Waals surface area contributed by atoms with Crippen LogP contribution in [-0.4, -0.2) is 47.4 Å². The largest absolute Gasteiger partial charge is 0.481 e. The topological polar surface area (TPSA) is 77.9 Å². The molecule has 2 amide bonds. The van der Waals surface area contributed by atoms with Gasteiger partial charge in [0, 0.05) is 24.1 Å². The molecule has 2 rings (SSSR count). The number of amides is 2. The Morgan fingerprint density at radius 3 is 2.70 bits per heavy atom. The molecular formula is C16H19BrN2O4. The second-order valence-electron chi connectivity index (χ2n) is 5.34. The third kappa shape index (κ3) is 3.90. The number of carbonyl (C=O) groups excluding carboxylic acids is 2. The minimum Gasteiger partial charge on any atom is -0.481 e. The number of aliphatic carboxylic acids is 1. The molecule has 7 heteroatoms. The summed E-state index contributed by atoms with van der Waals surface area (Å²) >= 11 is 3.42. The lowest BCUT2D eigenvalue weighted by Crippen LogP contribution is -2.41. The van der Waals surface area contributed by atoms with Gasteiger partial charge in [0.1, 0.15) is 5.92 Å². The monoisotopic (exact) mass is 382 g/mol. The predicted molar refractivity (Wildman–Crippen MR) is 89.1 cm³/mol. The molecule has 1 unspecified atom stereocenters. The summed E-state index contributed by atoms with van der Waals surface area (Å²) in [6.07, 6.45) is 0.330. The molecule has 0 aromatic heterocycles. The molecule has 0 radical (unpaired) electrons. The fraction of sp³-hybridized carbons (Fsp3) is 0.438. The number of halogens is 1. The summed E-state index contributed by atoms with van der Waals surface area (Å²) in [5.74, 6) is -2.19. The Morgan fingerprint density at radius 1 is 1.39 bits per heavy atom. The lowest BCUT2D eigenvalue weighted by Gasteiger charge is -2.23. The molecule has 1 heterocycles. The minimum atomic E-state index is -0.955. The lowest BCUT2D eigenvalue weighted by atomic mass is 10.1. The number of carboxylic acid groups (broad SMARTS) is 1. The van der Waals surface area contributed by atoms with Gasteiger partial charge in [-0.1, -0.05) is 12.1 Å². The molecule has 6 nitrogen and oxygen atoms in total. The molecule has 0 bridgehead atoms. The molecule has 1 atom stereocenters. The summed E-state index contributed by atoms with van der Waals surface area (Å²) in [4.78, 5) is 38.9. The first-order chi connectivity index (χ1) is 11.0. The quantitative estimate of drug-likeness (QED) is 0.764. The fourth-order valence-corrected chi connectivity index (χ4v) is 3.19. The second-order valence-corrected chi connectivity index (χ2v) is 6.20. The first kappa shape index (κ1) is 17.5. The number of anilines is 1. The molecule has 1 aliphatic rings. The Morgan fingerprint density at radius 2 is 2.09 bits per heavy atom. The first-order valence-electron chi connectivity index (χ1n) is 7.52. The Kier molecular flexibility index (Phi) is 5.76. The standard InChI is InChI=1S/C16H19BrN2O4/c1-2-18(9-8-14(20)21)15(22)11-7-10-19(16(11)23)13-6-4-3-5-12(13)17/h3-6,11H,2,7-10H2,1H3,(H,20,21). The van der Waals surface area contributed by atoms with Crippen molar-refractivity contribution in [2.45, 2.75) is 19.8 Å². The van der Waals surface area contributed by atoms with Crippen molar-refractivity contribution in [3.05, 3.63) is 28.7 Å². The fourth-order valence-electron chi connectivity index (χ4n) is 2.69. The number of carbonyl (C=O) groups is 3. The van der Waals surface area contributed by atoms with E-state index in [1.165, 1.54) is 4.90 Å². The summed E-state index contributed by atoms with van der Waals surface area (Å²) < 4.78 is 0.805. The van der Waals surface area contributed by atoms with Gasteiger partial charge in [-0.3, -0.25) is 14.4 Å². The van der Waals surface area contributed by atoms with Gasteiger partial charge in [0.25, 0.3) is 0 Å². The van der Waals surface area contributed by atoms with Crippen molar-refractivity contribution in [1.29, 1.82) is 0 Å². The maximum absolute atomic E-state index is 12.6. The summed E-state index contributed by atoms with van der Waals surface area (Å²) in [5, 5.41) is 8.76. The van der Waals surface area contributed by atoms with Gasteiger partial charge < -0.3 is 14.9 Å². The highest BCUT2D eigenvalue weighted by molar-refractivity contribution is 9.10. The molecule has 0 spiro atoms. The van der Waals surface area contributed by atoms with E-state index in [2.05, 4.69) is 15.9 Å². The van der Waals surface area contributed by atoms with Crippen LogP contribution in [0.1, 0.15) is 19.8 Å². The van der Waals surface area contributed by atoms with E-state index in [0.29, 0.717) is 19.5 Å². The normalized spacial score (nSPS) is 17.4. The van der Waals surface area contributed by atoms with Crippen molar-refractivity contribution in [2.75, 3.05) is 24.5 Å². The van der Waals surface area contributed by atoms with E-state index in [-0.39, 0.29) is 24.8 Å². The van der Waals surface area contributed by atoms with E-state index in [1.54, 1.807) is 11.8 Å². The molecule has 0 aliphatic carbocycles. The first-order valence-corrected chi connectivity index (χ1v) is 8.31. The highest BCUT2D eigenvalue weighted by Crippen LogP contribution is 2.32. The summed E-state index contributed by atoms with van der Waals surface area (Å²) in [6.45, 7) is 2.79. The van der Waals surface area contributed by atoms with Crippen molar-refractivity contribution in [1.82, 2.24) is 4.90 Å². The molecule has 0 saturated carbocycles. The Labute approximate surface area is 143 Å². The van der Waals surface area contributed by atoms with Crippen LogP contribution in [0.3, 0.4) is 0 Å². The smallest absolute Gasteiger partial charge is 0.305 e. The number of para-hydroxylation sites is 1. The van der Waals surface area contributed by atoms with E-state index in [9.17, 15) is 14.4 Å². The number of hydrogen-bond donors (Lipinski definition) is 1. The maximum atomic E-state index is 12.6. The third-order valence-corrected chi connectivity index (χ3v) is 4.61. The summed E-state index contributed by atoms with van der Waals surface area (Å²) in [7, 11) is 0. The van der Waals surface area contributed by atoms with Crippen molar-refractivity contribution in [2.24, 2.45) is 5.92 Å². The van der Waals surface area contributed by atoms with Crippen LogP contribution in [0.5, 0.6) is 0 Å². The SMILES string of the molecule is CCN(CCC(=O)O)C(=O)C1CCN(c2ccccc2Br)C1=O. The Bertz CT molecular complexity index is 620. The van der Waals surface area contributed by atoms with Crippen molar-refractivity contribution in [3.63, 3.8) is 0 Å². The van der Waals surface area contributed by atoms with E-state index in [4.69, 9.17) is 5.11 Å². The van der Waals surface area contributed by atoms with Crippen LogP contribution < -0.4 is 4.90 Å². The van der Waals surface area contributed by atoms with Gasteiger partial charge in [-0.25, -0.2) is 0 Å². The Balaban J connectivity index is 2.10. The van der Waals surface area contributed by atoms with Crippen molar-refractivity contribution in [3.8, 4) is 0 Å². The molecule has 23 heavy (non-hydrogen) atoms. The zero-order chi connectivity index (χ0) is 17.0. The molecule has 1 saturated heterocycles. The molecule has 1 N–H and O–H groups in total. The van der Waals surface area contributed by atoms with Crippen LogP contribution in [0.15, 0.2) is 28.7 Å². The maximum Gasteiger partial charge on any atom is 0.305 e. The van der Waals surface area contributed by atoms with Gasteiger partial charge in [0.15, 0.2) is 0 Å². The van der Waals surface area contributed by atoms with Crippen molar-refractivity contribution >= 4 is 39.4 Å². The van der Waals surface area contributed by atoms with Gasteiger partial charge in [-0.05, 0) is 41.4 Å². The molecule has 1 aromatic rings. The van der Waals surface area contributed by atoms with E-state index < -0.39 is 11.9 Å². The van der Waals surface area contributed by atoms with Crippen LogP contribution in [0.4, 0.5) is 5.69 Å². The van der Waals surface area contributed by atoms with E-state index >= 15 is 0 Å². The zero-order valence-electron chi connectivity index (χ0n) is 12.9. The number of nitrogens with zero attached hydrogens (tertiary/aromatic N) is 2. The summed E-state index contributed by atoms with van der Waals surface area (Å²) in [5.41, 5.74) is 0.751. The third-order valence-electron chi connectivity index (χ3n) is 3.94. The second kappa shape index (κ2) is 7.59. The van der Waals surface area contributed by atoms with E-state index in [0.717, 1.165) is 10.2 Å². The highest BCUT2D eigenvalue weighted by Gasteiger charge is 2.39. The van der Waals surface area contributed by atoms with Crippen LogP contribution in [0.2, 0.25) is 0 Å². The average molecular weight is 383 g/mol. The van der Waals surface area contributed by atoms with Gasteiger partial charge in [0.2, 0.25) is 11.8 Å². The van der Waals surface area contributed by atoms with Crippen molar-refractivity contribution < 1.29 is 19.5 Å².